The quantitative estimate of drug-likeness (QED) is 0.724. The maximum absolute atomic E-state index is 6.38. The molecule has 2 aromatic heterocycles. The zero-order valence-electron chi connectivity index (χ0n) is 11.9. The Morgan fingerprint density at radius 2 is 1.95 bits per heavy atom. The fourth-order valence-corrected chi connectivity index (χ4v) is 2.48. The molecule has 0 aliphatic carbocycles. The van der Waals surface area contributed by atoms with Crippen molar-refractivity contribution in [3.05, 3.63) is 72.5 Å². The van der Waals surface area contributed by atoms with Crippen LogP contribution < -0.4 is 5.32 Å². The predicted octanol–water partition coefficient (Wildman–Crippen LogP) is 5.15. The van der Waals surface area contributed by atoms with Crippen LogP contribution in [-0.4, -0.2) is 9.97 Å². The zero-order valence-corrected chi connectivity index (χ0v) is 12.6. The van der Waals surface area contributed by atoms with E-state index in [2.05, 4.69) is 28.4 Å². The summed E-state index contributed by atoms with van der Waals surface area (Å²) in [5.41, 5.74) is 3.55. The molecule has 2 heterocycles. The Balaban J connectivity index is 2.10. The fraction of sp³-hybridized carbons (Fsp3) is 0. The van der Waals surface area contributed by atoms with Crippen LogP contribution in [0.2, 0.25) is 5.02 Å². The van der Waals surface area contributed by atoms with Crippen LogP contribution in [0.1, 0.15) is 5.56 Å². The first kappa shape index (κ1) is 14.3. The van der Waals surface area contributed by atoms with Crippen LogP contribution in [0, 0.1) is 0 Å². The number of fused-ring (bicyclic) bond motifs is 1. The maximum Gasteiger partial charge on any atom is 0.129 e. The van der Waals surface area contributed by atoms with Gasteiger partial charge in [0.25, 0.3) is 0 Å². The molecule has 0 radical (unpaired) electrons. The molecule has 0 fully saturated rings. The van der Waals surface area contributed by atoms with Crippen molar-refractivity contribution in [1.82, 2.24) is 9.97 Å². The van der Waals surface area contributed by atoms with Crippen molar-refractivity contribution in [2.24, 2.45) is 0 Å². The molecular formula is C18H14ClN3. The number of aromatic nitrogens is 2. The first-order chi connectivity index (χ1) is 10.7. The van der Waals surface area contributed by atoms with Crippen LogP contribution in [0.25, 0.3) is 28.2 Å². The molecule has 4 heteroatoms. The van der Waals surface area contributed by atoms with E-state index in [9.17, 15) is 0 Å². The predicted molar refractivity (Wildman–Crippen MR) is 93.9 cm³/mol. The highest BCUT2D eigenvalue weighted by molar-refractivity contribution is 6.35. The summed E-state index contributed by atoms with van der Waals surface area (Å²) in [7, 11) is 0. The van der Waals surface area contributed by atoms with Gasteiger partial charge in [-0.1, -0.05) is 43.0 Å². The number of hydrogen-bond donors (Lipinski definition) is 1. The molecule has 0 unspecified atom stereocenters. The lowest BCUT2D eigenvalue weighted by atomic mass is 10.1. The van der Waals surface area contributed by atoms with E-state index in [0.717, 1.165) is 33.5 Å². The zero-order chi connectivity index (χ0) is 15.5. The van der Waals surface area contributed by atoms with Crippen molar-refractivity contribution < 1.29 is 0 Å². The molecule has 108 valence electrons. The molecule has 0 aliphatic rings. The molecular weight excluding hydrogens is 294 g/mol. The molecule has 0 saturated carbocycles. The third-order valence-electron chi connectivity index (χ3n) is 3.33. The summed E-state index contributed by atoms with van der Waals surface area (Å²) in [6.07, 6.45) is 5.14. The van der Waals surface area contributed by atoms with E-state index < -0.39 is 0 Å². The van der Waals surface area contributed by atoms with E-state index in [0.29, 0.717) is 5.02 Å². The monoisotopic (exact) mass is 307 g/mol. The Hall–Kier alpha value is -2.65. The summed E-state index contributed by atoms with van der Waals surface area (Å²) in [6.45, 7) is 7.39. The molecule has 0 saturated heterocycles. The second kappa shape index (κ2) is 6.00. The highest BCUT2D eigenvalue weighted by Gasteiger charge is 2.07. The fourth-order valence-electron chi connectivity index (χ4n) is 2.21. The number of anilines is 1. The SMILES string of the molecule is C=CNc1ccc(-c2cc(Cl)c3ccc(C=C)cc3n2)cn1. The minimum atomic E-state index is 0.670. The Kier molecular flexibility index (Phi) is 3.90. The number of halogens is 1. The molecule has 1 aromatic carbocycles. The smallest absolute Gasteiger partial charge is 0.129 e. The van der Waals surface area contributed by atoms with Gasteiger partial charge in [0.2, 0.25) is 0 Å². The number of hydrogen-bond acceptors (Lipinski definition) is 3. The highest BCUT2D eigenvalue weighted by Crippen LogP contribution is 2.29. The molecule has 3 nitrogen and oxygen atoms in total. The van der Waals surface area contributed by atoms with E-state index in [1.54, 1.807) is 18.5 Å². The summed E-state index contributed by atoms with van der Waals surface area (Å²) in [5, 5.41) is 4.53. The van der Waals surface area contributed by atoms with E-state index >= 15 is 0 Å². The van der Waals surface area contributed by atoms with E-state index in [4.69, 9.17) is 11.6 Å². The summed E-state index contributed by atoms with van der Waals surface area (Å²) in [5.74, 6) is 0.736. The van der Waals surface area contributed by atoms with Crippen LogP contribution in [0.5, 0.6) is 0 Å². The Morgan fingerprint density at radius 1 is 1.09 bits per heavy atom. The maximum atomic E-state index is 6.38. The molecule has 0 bridgehead atoms. The molecule has 1 N–H and O–H groups in total. The van der Waals surface area contributed by atoms with Crippen LogP contribution in [0.15, 0.2) is 62.0 Å². The number of nitrogens with zero attached hydrogens (tertiary/aromatic N) is 2. The van der Waals surface area contributed by atoms with Crippen molar-refractivity contribution in [3.8, 4) is 11.3 Å². The number of pyridine rings is 2. The highest BCUT2D eigenvalue weighted by atomic mass is 35.5. The average Bonchev–Trinajstić information content (AvgIpc) is 2.55. The second-order valence-electron chi connectivity index (χ2n) is 4.75. The summed E-state index contributed by atoms with van der Waals surface area (Å²) in [4.78, 5) is 8.98. The topological polar surface area (TPSA) is 37.8 Å². The molecule has 0 aliphatic heterocycles. The van der Waals surface area contributed by atoms with Crippen LogP contribution in [-0.2, 0) is 0 Å². The number of nitrogens with one attached hydrogen (secondary N) is 1. The summed E-state index contributed by atoms with van der Waals surface area (Å²) >= 11 is 6.38. The average molecular weight is 308 g/mol. The molecule has 0 atom stereocenters. The van der Waals surface area contributed by atoms with Gasteiger partial charge in [0.1, 0.15) is 5.82 Å². The van der Waals surface area contributed by atoms with Crippen LogP contribution in [0.3, 0.4) is 0 Å². The van der Waals surface area contributed by atoms with E-state index in [1.807, 2.05) is 36.4 Å². The van der Waals surface area contributed by atoms with Gasteiger partial charge in [-0.25, -0.2) is 9.97 Å². The van der Waals surface area contributed by atoms with Crippen LogP contribution in [0.4, 0.5) is 5.82 Å². The largest absolute Gasteiger partial charge is 0.347 e. The third kappa shape index (κ3) is 2.71. The van der Waals surface area contributed by atoms with Crippen molar-refractivity contribution in [2.75, 3.05) is 5.32 Å². The van der Waals surface area contributed by atoms with Gasteiger partial charge in [-0.3, -0.25) is 0 Å². The minimum absolute atomic E-state index is 0.670. The van der Waals surface area contributed by atoms with Gasteiger partial charge in [0.05, 0.1) is 16.2 Å². The third-order valence-corrected chi connectivity index (χ3v) is 3.64. The van der Waals surface area contributed by atoms with Crippen molar-refractivity contribution in [3.63, 3.8) is 0 Å². The van der Waals surface area contributed by atoms with Gasteiger partial charge in [-0.05, 0) is 36.0 Å². The molecule has 0 spiro atoms. The van der Waals surface area contributed by atoms with Crippen molar-refractivity contribution >= 4 is 34.4 Å². The lowest BCUT2D eigenvalue weighted by Gasteiger charge is -2.07. The number of benzene rings is 1. The van der Waals surface area contributed by atoms with Gasteiger partial charge in [0.15, 0.2) is 0 Å². The van der Waals surface area contributed by atoms with E-state index in [-0.39, 0.29) is 0 Å². The lowest BCUT2D eigenvalue weighted by Crippen LogP contribution is -1.92. The van der Waals surface area contributed by atoms with Gasteiger partial charge in [-0.2, -0.15) is 0 Å². The van der Waals surface area contributed by atoms with Gasteiger partial charge in [-0.15, -0.1) is 0 Å². The standard InChI is InChI=1S/C18H14ClN3/c1-3-12-5-7-14-15(19)10-16(22-17(14)9-12)13-6-8-18(20-4-2)21-11-13/h3-11H,1-2H2,(H,20,21). The van der Waals surface area contributed by atoms with E-state index in [1.165, 1.54) is 0 Å². The minimum Gasteiger partial charge on any atom is -0.347 e. The number of rotatable bonds is 4. The summed E-state index contributed by atoms with van der Waals surface area (Å²) in [6, 6.07) is 11.6. The Morgan fingerprint density at radius 3 is 2.64 bits per heavy atom. The van der Waals surface area contributed by atoms with Crippen molar-refractivity contribution in [2.45, 2.75) is 0 Å². The van der Waals surface area contributed by atoms with Crippen LogP contribution >= 0.6 is 11.6 Å². The summed E-state index contributed by atoms with van der Waals surface area (Å²) < 4.78 is 0. The van der Waals surface area contributed by atoms with Gasteiger partial charge < -0.3 is 5.32 Å². The lowest BCUT2D eigenvalue weighted by molar-refractivity contribution is 1.29. The first-order valence-corrected chi connectivity index (χ1v) is 7.15. The molecule has 3 rings (SSSR count). The first-order valence-electron chi connectivity index (χ1n) is 6.78. The van der Waals surface area contributed by atoms with Gasteiger partial charge >= 0.3 is 0 Å². The molecule has 0 amide bonds. The Labute approximate surface area is 134 Å². The molecule has 3 aromatic rings. The van der Waals surface area contributed by atoms with Crippen molar-refractivity contribution in [1.29, 1.82) is 0 Å². The van der Waals surface area contributed by atoms with Gasteiger partial charge in [0, 0.05) is 17.1 Å². The molecule has 22 heavy (non-hydrogen) atoms. The Bertz CT molecular complexity index is 854. The second-order valence-corrected chi connectivity index (χ2v) is 5.16. The normalized spacial score (nSPS) is 10.4.